The van der Waals surface area contributed by atoms with Crippen LogP contribution in [0.5, 0.6) is 0 Å². The molecule has 0 aliphatic carbocycles. The third kappa shape index (κ3) is 4.75. The van der Waals surface area contributed by atoms with Gasteiger partial charge in [0.15, 0.2) is 0 Å². The Balaban J connectivity index is 1.50. The zero-order valence-electron chi connectivity index (χ0n) is 16.3. The Kier molecular flexibility index (Phi) is 5.79. The number of anilines is 2. The SMILES string of the molecule is Cc1cc(N2CCNCC2)nc2ccc(NC(=O)/C=C\c3ccc(Cl)cc3)cc12. The number of nitrogens with zero attached hydrogens (tertiary/aromatic N) is 2. The van der Waals surface area contributed by atoms with Crippen molar-refractivity contribution in [3.05, 3.63) is 70.8 Å². The van der Waals surface area contributed by atoms with Crippen LogP contribution in [0.1, 0.15) is 11.1 Å². The van der Waals surface area contributed by atoms with Gasteiger partial charge < -0.3 is 15.5 Å². The van der Waals surface area contributed by atoms with Crippen LogP contribution in [0, 0.1) is 6.92 Å². The molecule has 5 nitrogen and oxygen atoms in total. The summed E-state index contributed by atoms with van der Waals surface area (Å²) < 4.78 is 0. The number of pyridine rings is 1. The summed E-state index contributed by atoms with van der Waals surface area (Å²) in [4.78, 5) is 19.4. The Morgan fingerprint density at radius 2 is 1.90 bits per heavy atom. The highest BCUT2D eigenvalue weighted by Crippen LogP contribution is 2.25. The molecule has 0 spiro atoms. The van der Waals surface area contributed by atoms with Gasteiger partial charge in [-0.15, -0.1) is 0 Å². The molecule has 3 aromatic rings. The zero-order valence-corrected chi connectivity index (χ0v) is 17.0. The molecule has 29 heavy (non-hydrogen) atoms. The lowest BCUT2D eigenvalue weighted by Crippen LogP contribution is -2.43. The van der Waals surface area contributed by atoms with Crippen molar-refractivity contribution in [2.45, 2.75) is 6.92 Å². The van der Waals surface area contributed by atoms with Crippen LogP contribution in [-0.2, 0) is 4.79 Å². The van der Waals surface area contributed by atoms with Crippen molar-refractivity contribution in [1.29, 1.82) is 0 Å². The number of hydrogen-bond donors (Lipinski definition) is 2. The molecule has 0 saturated carbocycles. The molecule has 1 fully saturated rings. The molecule has 4 rings (SSSR count). The fraction of sp³-hybridized carbons (Fsp3) is 0.217. The Labute approximate surface area is 175 Å². The fourth-order valence-electron chi connectivity index (χ4n) is 3.44. The summed E-state index contributed by atoms with van der Waals surface area (Å²) in [5.41, 5.74) is 3.76. The van der Waals surface area contributed by atoms with E-state index in [2.05, 4.69) is 28.5 Å². The van der Waals surface area contributed by atoms with E-state index in [9.17, 15) is 4.79 Å². The van der Waals surface area contributed by atoms with Gasteiger partial charge in [-0.1, -0.05) is 23.7 Å². The molecule has 0 bridgehead atoms. The highest BCUT2D eigenvalue weighted by molar-refractivity contribution is 6.30. The average molecular weight is 407 g/mol. The van der Waals surface area contributed by atoms with Crippen LogP contribution in [0.4, 0.5) is 11.5 Å². The molecule has 1 aliphatic rings. The lowest BCUT2D eigenvalue weighted by atomic mass is 10.1. The van der Waals surface area contributed by atoms with Gasteiger partial charge in [-0.3, -0.25) is 4.79 Å². The van der Waals surface area contributed by atoms with Crippen molar-refractivity contribution in [2.24, 2.45) is 0 Å². The topological polar surface area (TPSA) is 57.3 Å². The number of benzene rings is 2. The van der Waals surface area contributed by atoms with Crippen LogP contribution in [0.2, 0.25) is 5.02 Å². The molecule has 1 aromatic heterocycles. The number of fused-ring (bicyclic) bond motifs is 1. The van der Waals surface area contributed by atoms with Crippen LogP contribution < -0.4 is 15.5 Å². The molecule has 2 N–H and O–H groups in total. The number of carbonyl (C=O) groups is 1. The van der Waals surface area contributed by atoms with E-state index in [0.29, 0.717) is 5.02 Å². The van der Waals surface area contributed by atoms with Gasteiger partial charge in [0, 0.05) is 48.4 Å². The number of aryl methyl sites for hydroxylation is 1. The summed E-state index contributed by atoms with van der Waals surface area (Å²) in [5.74, 6) is 0.835. The van der Waals surface area contributed by atoms with Crippen LogP contribution in [0.15, 0.2) is 54.6 Å². The number of rotatable bonds is 4. The van der Waals surface area contributed by atoms with Gasteiger partial charge in [0.2, 0.25) is 5.91 Å². The fourth-order valence-corrected chi connectivity index (χ4v) is 3.57. The normalized spacial score (nSPS) is 14.5. The minimum Gasteiger partial charge on any atom is -0.354 e. The first-order valence-electron chi connectivity index (χ1n) is 9.70. The third-order valence-corrected chi connectivity index (χ3v) is 5.26. The second kappa shape index (κ2) is 8.64. The van der Waals surface area contributed by atoms with E-state index in [4.69, 9.17) is 16.6 Å². The highest BCUT2D eigenvalue weighted by atomic mass is 35.5. The van der Waals surface area contributed by atoms with Gasteiger partial charge in [-0.2, -0.15) is 0 Å². The molecule has 148 valence electrons. The van der Waals surface area contributed by atoms with Crippen LogP contribution in [0.25, 0.3) is 17.0 Å². The van der Waals surface area contributed by atoms with Gasteiger partial charge >= 0.3 is 0 Å². The van der Waals surface area contributed by atoms with E-state index in [1.165, 1.54) is 6.08 Å². The molecular formula is C23H23ClN4O. The van der Waals surface area contributed by atoms with Crippen molar-refractivity contribution in [1.82, 2.24) is 10.3 Å². The molecule has 0 atom stereocenters. The lowest BCUT2D eigenvalue weighted by molar-refractivity contribution is -0.111. The molecule has 2 heterocycles. The maximum Gasteiger partial charge on any atom is 0.248 e. The molecule has 6 heteroatoms. The number of amides is 1. The standard InChI is InChI=1S/C23H23ClN4O/c1-16-14-22(28-12-10-25-11-13-28)27-21-8-7-19(15-20(16)21)26-23(29)9-4-17-2-5-18(24)6-3-17/h2-9,14-15,25H,10-13H2,1H3,(H,26,29)/b9-4-. The summed E-state index contributed by atoms with van der Waals surface area (Å²) in [6, 6.07) is 15.3. The zero-order chi connectivity index (χ0) is 20.2. The monoisotopic (exact) mass is 406 g/mol. The van der Waals surface area contributed by atoms with E-state index in [0.717, 1.165) is 59.7 Å². The number of piperazine rings is 1. The number of aromatic nitrogens is 1. The Morgan fingerprint density at radius 3 is 2.66 bits per heavy atom. The first kappa shape index (κ1) is 19.4. The van der Waals surface area contributed by atoms with Gasteiger partial charge in [0.1, 0.15) is 5.82 Å². The second-order valence-corrected chi connectivity index (χ2v) is 7.58. The number of halogens is 1. The van der Waals surface area contributed by atoms with E-state index >= 15 is 0 Å². The first-order chi connectivity index (χ1) is 14.1. The Hall–Kier alpha value is -2.89. The minimum absolute atomic E-state index is 0.178. The maximum absolute atomic E-state index is 12.3. The average Bonchev–Trinajstić information content (AvgIpc) is 2.74. The van der Waals surface area contributed by atoms with E-state index in [1.807, 2.05) is 30.3 Å². The van der Waals surface area contributed by atoms with Gasteiger partial charge in [0.25, 0.3) is 0 Å². The van der Waals surface area contributed by atoms with Gasteiger partial charge in [-0.05, 0) is 60.5 Å². The predicted molar refractivity (Wildman–Crippen MR) is 121 cm³/mol. The summed E-state index contributed by atoms with van der Waals surface area (Å²) in [6.45, 7) is 5.97. The Morgan fingerprint density at radius 1 is 1.14 bits per heavy atom. The quantitative estimate of drug-likeness (QED) is 0.636. The smallest absolute Gasteiger partial charge is 0.248 e. The molecular weight excluding hydrogens is 384 g/mol. The first-order valence-corrected chi connectivity index (χ1v) is 10.1. The van der Waals surface area contributed by atoms with Crippen molar-refractivity contribution in [2.75, 3.05) is 36.4 Å². The lowest BCUT2D eigenvalue weighted by Gasteiger charge is -2.29. The largest absolute Gasteiger partial charge is 0.354 e. The number of carbonyl (C=O) groups excluding carboxylic acids is 1. The number of nitrogens with one attached hydrogen (secondary N) is 2. The Bertz CT molecular complexity index is 1060. The highest BCUT2D eigenvalue weighted by Gasteiger charge is 2.13. The van der Waals surface area contributed by atoms with Crippen molar-refractivity contribution < 1.29 is 4.79 Å². The molecule has 1 amide bonds. The summed E-state index contributed by atoms with van der Waals surface area (Å²) >= 11 is 5.88. The molecule has 0 unspecified atom stereocenters. The molecule has 1 saturated heterocycles. The number of hydrogen-bond acceptors (Lipinski definition) is 4. The van der Waals surface area contributed by atoms with E-state index < -0.39 is 0 Å². The third-order valence-electron chi connectivity index (χ3n) is 5.01. The van der Waals surface area contributed by atoms with E-state index in [-0.39, 0.29) is 5.91 Å². The predicted octanol–water partition coefficient (Wildman–Crippen LogP) is 4.26. The van der Waals surface area contributed by atoms with Crippen LogP contribution in [-0.4, -0.2) is 37.1 Å². The van der Waals surface area contributed by atoms with Gasteiger partial charge in [-0.25, -0.2) is 4.98 Å². The van der Waals surface area contributed by atoms with Gasteiger partial charge in [0.05, 0.1) is 5.52 Å². The van der Waals surface area contributed by atoms with Crippen molar-refractivity contribution >= 4 is 46.0 Å². The van der Waals surface area contributed by atoms with Crippen molar-refractivity contribution in [3.8, 4) is 0 Å². The summed E-state index contributed by atoms with van der Waals surface area (Å²) in [6.07, 6.45) is 3.28. The van der Waals surface area contributed by atoms with Crippen LogP contribution >= 0.6 is 11.6 Å². The van der Waals surface area contributed by atoms with Crippen LogP contribution in [0.3, 0.4) is 0 Å². The molecule has 0 radical (unpaired) electrons. The summed E-state index contributed by atoms with van der Waals surface area (Å²) in [5, 5.41) is 8.00. The molecule has 2 aromatic carbocycles. The maximum atomic E-state index is 12.3. The summed E-state index contributed by atoms with van der Waals surface area (Å²) in [7, 11) is 0. The minimum atomic E-state index is -0.178. The second-order valence-electron chi connectivity index (χ2n) is 7.14. The molecule has 1 aliphatic heterocycles. The van der Waals surface area contributed by atoms with Crippen molar-refractivity contribution in [3.63, 3.8) is 0 Å². The van der Waals surface area contributed by atoms with E-state index in [1.54, 1.807) is 18.2 Å².